The zero-order valence-electron chi connectivity index (χ0n) is 25.3. The van der Waals surface area contributed by atoms with Crippen molar-refractivity contribution in [2.75, 3.05) is 34.5 Å². The molecule has 0 saturated heterocycles. The quantitative estimate of drug-likeness (QED) is 0.110. The van der Waals surface area contributed by atoms with E-state index in [1.54, 1.807) is 31.4 Å². The topological polar surface area (TPSA) is 157 Å². The van der Waals surface area contributed by atoms with Gasteiger partial charge < -0.3 is 34.1 Å². The summed E-state index contributed by atoms with van der Waals surface area (Å²) >= 11 is 0. The van der Waals surface area contributed by atoms with Crippen LogP contribution in [-0.4, -0.2) is 63.1 Å². The van der Waals surface area contributed by atoms with Gasteiger partial charge in [0.25, 0.3) is 5.91 Å². The number of aliphatic hydroxyl groups excluding tert-OH is 1. The maximum absolute atomic E-state index is 14.3. The van der Waals surface area contributed by atoms with Crippen molar-refractivity contribution in [1.82, 2.24) is 5.32 Å². The predicted molar refractivity (Wildman–Crippen MR) is 164 cm³/mol. The highest BCUT2D eigenvalue weighted by Gasteiger charge is 2.50. The predicted octanol–water partition coefficient (Wildman–Crippen LogP) is 4.75. The summed E-state index contributed by atoms with van der Waals surface area (Å²) in [5.74, 6) is 2.16. The lowest BCUT2D eigenvalue weighted by Crippen LogP contribution is -2.52. The van der Waals surface area contributed by atoms with E-state index in [9.17, 15) is 4.79 Å². The van der Waals surface area contributed by atoms with E-state index >= 15 is 0 Å². The molecule has 12 heteroatoms. The molecule has 0 unspecified atom stereocenters. The summed E-state index contributed by atoms with van der Waals surface area (Å²) < 4.78 is 28.4. The van der Waals surface area contributed by atoms with Gasteiger partial charge in [0.05, 0.1) is 46.6 Å². The minimum Gasteiger partial charge on any atom is -0.496 e. The summed E-state index contributed by atoms with van der Waals surface area (Å²) in [6.45, 7) is 2.48. The van der Waals surface area contributed by atoms with E-state index in [4.69, 9.17) is 39.3 Å². The van der Waals surface area contributed by atoms with Crippen LogP contribution in [0.1, 0.15) is 35.6 Å². The highest BCUT2D eigenvalue weighted by molar-refractivity contribution is 6.01. The minimum absolute atomic E-state index is 0.0504. The monoisotopic (exact) mass is 603 g/mol. The number of azide groups is 1. The summed E-state index contributed by atoms with van der Waals surface area (Å²) in [6, 6.07) is 18.1. The van der Waals surface area contributed by atoms with E-state index in [0.717, 1.165) is 11.1 Å². The Morgan fingerprint density at radius 3 is 2.34 bits per heavy atom. The molecule has 2 atom stereocenters. The van der Waals surface area contributed by atoms with Crippen LogP contribution in [0.4, 0.5) is 0 Å². The van der Waals surface area contributed by atoms with Gasteiger partial charge in [-0.2, -0.15) is 0 Å². The molecule has 0 aliphatic carbocycles. The fourth-order valence-electron chi connectivity index (χ4n) is 5.00. The lowest BCUT2D eigenvalue weighted by atomic mass is 9.84. The number of hydrogen-bond donors (Lipinski definition) is 2. The van der Waals surface area contributed by atoms with E-state index < -0.39 is 11.6 Å². The van der Waals surface area contributed by atoms with E-state index in [1.807, 2.05) is 43.3 Å². The summed E-state index contributed by atoms with van der Waals surface area (Å²) in [4.78, 5) is 22.1. The first-order valence-corrected chi connectivity index (χ1v) is 14.1. The number of carbonyl (C=O) groups excluding carboxylic acids is 1. The Labute approximate surface area is 256 Å². The average molecular weight is 604 g/mol. The molecule has 0 saturated carbocycles. The van der Waals surface area contributed by atoms with Crippen molar-refractivity contribution in [3.63, 3.8) is 0 Å². The van der Waals surface area contributed by atoms with Crippen molar-refractivity contribution in [3.05, 3.63) is 93.4 Å². The molecule has 4 rings (SSSR count). The highest BCUT2D eigenvalue weighted by atomic mass is 16.5. The van der Waals surface area contributed by atoms with Gasteiger partial charge in [-0.3, -0.25) is 4.79 Å². The van der Waals surface area contributed by atoms with E-state index in [-0.39, 0.29) is 32.0 Å². The molecule has 44 heavy (non-hydrogen) atoms. The Balaban J connectivity index is 1.70. The fraction of sp³-hybridized carbons (Fsp3) is 0.375. The van der Waals surface area contributed by atoms with E-state index in [0.29, 0.717) is 53.1 Å². The van der Waals surface area contributed by atoms with Gasteiger partial charge in [-0.05, 0) is 47.8 Å². The second-order valence-corrected chi connectivity index (χ2v) is 10.1. The van der Waals surface area contributed by atoms with Crippen LogP contribution in [0.2, 0.25) is 0 Å². The number of aliphatic imine (C=N–C) groups is 1. The van der Waals surface area contributed by atoms with E-state index in [2.05, 4.69) is 15.3 Å². The van der Waals surface area contributed by atoms with Crippen molar-refractivity contribution < 1.29 is 33.6 Å². The summed E-state index contributed by atoms with van der Waals surface area (Å²) in [5, 5.41) is 15.8. The molecule has 0 bridgehead atoms. The third kappa shape index (κ3) is 7.16. The fourth-order valence-corrected chi connectivity index (χ4v) is 5.00. The van der Waals surface area contributed by atoms with Crippen LogP contribution in [0.5, 0.6) is 23.0 Å². The molecule has 3 aromatic carbocycles. The van der Waals surface area contributed by atoms with Crippen LogP contribution >= 0.6 is 0 Å². The number of carbonyl (C=O) groups is 1. The van der Waals surface area contributed by atoms with Gasteiger partial charge in [0.1, 0.15) is 29.1 Å². The number of aliphatic hydroxyl groups is 1. The SMILES string of the molecule is COc1cc(OC)c(CNC(=O)[C@]2(Cc3ccccc3CN=[N+]=[N-])N=C(c3ccc(OCCCO)cc3)O[C@@H]2C)c(OC)c1. The van der Waals surface area contributed by atoms with Gasteiger partial charge in [-0.15, -0.1) is 0 Å². The molecule has 12 nitrogen and oxygen atoms in total. The normalized spacial score (nSPS) is 17.1. The number of methoxy groups -OCH3 is 3. The molecule has 0 radical (unpaired) electrons. The Morgan fingerprint density at radius 2 is 1.73 bits per heavy atom. The zero-order valence-corrected chi connectivity index (χ0v) is 25.3. The number of rotatable bonds is 15. The molecule has 0 spiro atoms. The second-order valence-electron chi connectivity index (χ2n) is 10.1. The van der Waals surface area contributed by atoms with Crippen molar-refractivity contribution >= 4 is 11.8 Å². The van der Waals surface area contributed by atoms with Crippen LogP contribution in [0.25, 0.3) is 10.4 Å². The molecule has 0 aromatic heterocycles. The molecule has 3 aromatic rings. The molecule has 1 aliphatic rings. The molecule has 0 fully saturated rings. The van der Waals surface area contributed by atoms with E-state index in [1.165, 1.54) is 14.2 Å². The molecule has 1 aliphatic heterocycles. The van der Waals surface area contributed by atoms with Gasteiger partial charge in [0.2, 0.25) is 5.90 Å². The van der Waals surface area contributed by atoms with Crippen molar-refractivity contribution in [2.24, 2.45) is 10.1 Å². The Kier molecular flexibility index (Phi) is 10.9. The molecular weight excluding hydrogens is 566 g/mol. The van der Waals surface area contributed by atoms with Crippen LogP contribution in [0, 0.1) is 0 Å². The highest BCUT2D eigenvalue weighted by Crippen LogP contribution is 2.36. The van der Waals surface area contributed by atoms with Crippen LogP contribution in [0.3, 0.4) is 0 Å². The third-order valence-electron chi connectivity index (χ3n) is 7.45. The first-order chi connectivity index (χ1) is 21.4. The maximum Gasteiger partial charge on any atom is 0.252 e. The van der Waals surface area contributed by atoms with Crippen molar-refractivity contribution in [3.8, 4) is 23.0 Å². The third-order valence-corrected chi connectivity index (χ3v) is 7.45. The lowest BCUT2D eigenvalue weighted by Gasteiger charge is -2.29. The van der Waals surface area contributed by atoms with Crippen LogP contribution < -0.4 is 24.3 Å². The molecule has 2 N–H and O–H groups in total. The van der Waals surface area contributed by atoms with Gasteiger partial charge in [0.15, 0.2) is 5.54 Å². The Hall–Kier alpha value is -4.93. The lowest BCUT2D eigenvalue weighted by molar-refractivity contribution is -0.128. The number of benzene rings is 3. The summed E-state index contributed by atoms with van der Waals surface area (Å²) in [7, 11) is 4.62. The van der Waals surface area contributed by atoms with Gasteiger partial charge in [-0.25, -0.2) is 4.99 Å². The molecule has 1 amide bonds. The number of ether oxygens (including phenoxy) is 5. The summed E-state index contributed by atoms with van der Waals surface area (Å²) in [5.41, 5.74) is 10.5. The standard InChI is InChI=1S/C32H37N5O7/c1-21-32(18-23-8-5-6-9-24(23)19-35-37-33,36-30(44-21)22-10-12-25(13-11-22)43-15-7-14-38)31(39)34-20-27-28(41-3)16-26(40-2)17-29(27)42-4/h5-6,8-13,16-17,21,38H,7,14-15,18-20H2,1-4H3,(H,34,39)/t21-,32-/m1/s1. The summed E-state index contributed by atoms with van der Waals surface area (Å²) in [6.07, 6.45) is 0.0762. The van der Waals surface area contributed by atoms with Gasteiger partial charge in [0, 0.05) is 42.1 Å². The first kappa shape index (κ1) is 32.0. The van der Waals surface area contributed by atoms with Gasteiger partial charge in [-0.1, -0.05) is 29.4 Å². The number of amides is 1. The Morgan fingerprint density at radius 1 is 1.05 bits per heavy atom. The van der Waals surface area contributed by atoms with Crippen molar-refractivity contribution in [2.45, 2.75) is 44.5 Å². The smallest absolute Gasteiger partial charge is 0.252 e. The van der Waals surface area contributed by atoms with Crippen LogP contribution in [-0.2, 0) is 29.0 Å². The molecular formula is C32H37N5O7. The number of nitrogens with zero attached hydrogens (tertiary/aromatic N) is 4. The average Bonchev–Trinajstić information content (AvgIpc) is 3.39. The number of hydrogen-bond acceptors (Lipinski definition) is 9. The van der Waals surface area contributed by atoms with Crippen LogP contribution in [0.15, 0.2) is 70.8 Å². The number of nitrogens with one attached hydrogen (secondary N) is 1. The zero-order chi connectivity index (χ0) is 31.5. The minimum atomic E-state index is -1.36. The first-order valence-electron chi connectivity index (χ1n) is 14.1. The second kappa shape index (κ2) is 15.0. The largest absolute Gasteiger partial charge is 0.496 e. The van der Waals surface area contributed by atoms with Gasteiger partial charge >= 0.3 is 0 Å². The van der Waals surface area contributed by atoms with Crippen molar-refractivity contribution in [1.29, 1.82) is 0 Å². The Bertz CT molecular complexity index is 1500. The molecule has 232 valence electrons. The maximum atomic E-state index is 14.3. The molecule has 1 heterocycles.